The van der Waals surface area contributed by atoms with Crippen LogP contribution in [0.4, 0.5) is 5.69 Å². The molecule has 0 saturated heterocycles. The van der Waals surface area contributed by atoms with Gasteiger partial charge in [-0.15, -0.1) is 11.3 Å². The molecule has 0 aliphatic carbocycles. The molecule has 0 fully saturated rings. The maximum Gasteiger partial charge on any atom is 0.288 e. The summed E-state index contributed by atoms with van der Waals surface area (Å²) in [4.78, 5) is 26.8. The molecule has 3 rings (SSSR count). The van der Waals surface area contributed by atoms with E-state index in [0.717, 1.165) is 15.2 Å². The zero-order chi connectivity index (χ0) is 17.1. The number of nitrogens with zero attached hydrogens (tertiary/aromatic N) is 2. The van der Waals surface area contributed by atoms with E-state index in [4.69, 9.17) is 11.6 Å². The molecule has 6 nitrogen and oxygen atoms in total. The highest BCUT2D eigenvalue weighted by Gasteiger charge is 2.16. The molecule has 24 heavy (non-hydrogen) atoms. The predicted molar refractivity (Wildman–Crippen MR) is 93.8 cm³/mol. The average molecular weight is 362 g/mol. The van der Waals surface area contributed by atoms with Crippen LogP contribution in [-0.2, 0) is 6.42 Å². The monoisotopic (exact) mass is 361 g/mol. The summed E-state index contributed by atoms with van der Waals surface area (Å²) < 4.78 is 1.10. The summed E-state index contributed by atoms with van der Waals surface area (Å²) in [6.07, 6.45) is 0.598. The topological polar surface area (TPSA) is 85.1 Å². The van der Waals surface area contributed by atoms with Crippen molar-refractivity contribution in [2.24, 2.45) is 0 Å². The van der Waals surface area contributed by atoms with Gasteiger partial charge in [0.05, 0.1) is 20.1 Å². The number of aromatic nitrogens is 1. The second-order valence-electron chi connectivity index (χ2n) is 5.00. The van der Waals surface area contributed by atoms with Crippen LogP contribution in [0.25, 0.3) is 10.2 Å². The highest BCUT2D eigenvalue weighted by atomic mass is 35.5. The third kappa shape index (κ3) is 3.52. The Morgan fingerprint density at radius 3 is 2.83 bits per heavy atom. The smallest absolute Gasteiger partial charge is 0.288 e. The first-order valence-corrected chi connectivity index (χ1v) is 8.30. The van der Waals surface area contributed by atoms with Crippen molar-refractivity contribution in [2.75, 3.05) is 6.54 Å². The fourth-order valence-corrected chi connectivity index (χ4v) is 3.36. The van der Waals surface area contributed by atoms with E-state index in [1.165, 1.54) is 18.2 Å². The minimum Gasteiger partial charge on any atom is -0.352 e. The third-order valence-corrected chi connectivity index (χ3v) is 4.78. The lowest BCUT2D eigenvalue weighted by atomic mass is 10.2. The van der Waals surface area contributed by atoms with Crippen molar-refractivity contribution >= 4 is 44.7 Å². The molecule has 0 aliphatic heterocycles. The van der Waals surface area contributed by atoms with Crippen molar-refractivity contribution in [1.82, 2.24) is 10.3 Å². The molecule has 0 atom stereocenters. The molecule has 1 amide bonds. The number of fused-ring (bicyclic) bond motifs is 1. The van der Waals surface area contributed by atoms with Crippen LogP contribution < -0.4 is 5.32 Å². The zero-order valence-corrected chi connectivity index (χ0v) is 13.9. The average Bonchev–Trinajstić information content (AvgIpc) is 2.97. The van der Waals surface area contributed by atoms with E-state index in [1.807, 2.05) is 24.3 Å². The van der Waals surface area contributed by atoms with Crippen molar-refractivity contribution < 1.29 is 9.72 Å². The summed E-state index contributed by atoms with van der Waals surface area (Å²) >= 11 is 7.32. The molecule has 2 aromatic carbocycles. The zero-order valence-electron chi connectivity index (χ0n) is 12.4. The first kappa shape index (κ1) is 16.4. The van der Waals surface area contributed by atoms with Gasteiger partial charge >= 0.3 is 0 Å². The van der Waals surface area contributed by atoms with Gasteiger partial charge in [0, 0.05) is 24.6 Å². The normalized spacial score (nSPS) is 10.7. The molecule has 0 saturated carbocycles. The Morgan fingerprint density at radius 2 is 2.08 bits per heavy atom. The molecule has 1 N–H and O–H groups in total. The number of nitrogens with one attached hydrogen (secondary N) is 1. The number of para-hydroxylation sites is 1. The number of benzene rings is 2. The molecule has 0 unspecified atom stereocenters. The lowest BCUT2D eigenvalue weighted by molar-refractivity contribution is -0.384. The van der Waals surface area contributed by atoms with Crippen molar-refractivity contribution in [2.45, 2.75) is 6.42 Å². The van der Waals surface area contributed by atoms with Gasteiger partial charge in [-0.3, -0.25) is 14.9 Å². The van der Waals surface area contributed by atoms with Gasteiger partial charge < -0.3 is 5.32 Å². The number of rotatable bonds is 5. The molecule has 0 radical (unpaired) electrons. The van der Waals surface area contributed by atoms with Crippen LogP contribution in [-0.4, -0.2) is 22.4 Å². The number of hydrogen-bond donors (Lipinski definition) is 1. The Balaban J connectivity index is 1.63. The van der Waals surface area contributed by atoms with Crippen molar-refractivity contribution in [3.63, 3.8) is 0 Å². The van der Waals surface area contributed by atoms with Crippen LogP contribution in [0.2, 0.25) is 5.02 Å². The molecule has 0 bridgehead atoms. The van der Waals surface area contributed by atoms with Crippen LogP contribution in [0.1, 0.15) is 15.4 Å². The summed E-state index contributed by atoms with van der Waals surface area (Å²) in [7, 11) is 0. The number of carbonyl (C=O) groups excluding carboxylic acids is 1. The number of thiazole rings is 1. The Kier molecular flexibility index (Phi) is 4.73. The fraction of sp³-hybridized carbons (Fsp3) is 0.125. The van der Waals surface area contributed by atoms with Gasteiger partial charge in [-0.2, -0.15) is 0 Å². The molecule has 1 heterocycles. The number of nitro benzene ring substituents is 1. The largest absolute Gasteiger partial charge is 0.352 e. The van der Waals surface area contributed by atoms with Crippen molar-refractivity contribution in [1.29, 1.82) is 0 Å². The quantitative estimate of drug-likeness (QED) is 0.552. The molecule has 0 spiro atoms. The summed E-state index contributed by atoms with van der Waals surface area (Å²) in [6.45, 7) is 0.398. The Bertz CT molecular complexity index is 893. The number of nitro groups is 1. The molecular formula is C16H12ClN3O3S. The van der Waals surface area contributed by atoms with Crippen molar-refractivity contribution in [3.8, 4) is 0 Å². The molecular weight excluding hydrogens is 350 g/mol. The van der Waals surface area contributed by atoms with Gasteiger partial charge in [-0.05, 0) is 24.3 Å². The summed E-state index contributed by atoms with van der Waals surface area (Å²) in [5, 5.41) is 14.5. The van der Waals surface area contributed by atoms with E-state index in [-0.39, 0.29) is 22.2 Å². The second-order valence-corrected chi connectivity index (χ2v) is 6.53. The van der Waals surface area contributed by atoms with E-state index in [2.05, 4.69) is 10.3 Å². The Labute approximate surface area is 146 Å². The number of carbonyl (C=O) groups is 1. The Hall–Kier alpha value is -2.51. The van der Waals surface area contributed by atoms with Gasteiger partial charge in [0.2, 0.25) is 0 Å². The summed E-state index contributed by atoms with van der Waals surface area (Å²) in [5.41, 5.74) is 0.864. The number of amides is 1. The lowest BCUT2D eigenvalue weighted by Crippen LogP contribution is -2.25. The van der Waals surface area contributed by atoms with E-state index in [0.29, 0.717) is 13.0 Å². The maximum atomic E-state index is 12.1. The van der Waals surface area contributed by atoms with E-state index >= 15 is 0 Å². The van der Waals surface area contributed by atoms with E-state index < -0.39 is 4.92 Å². The molecule has 8 heteroatoms. The van der Waals surface area contributed by atoms with Gasteiger partial charge in [-0.1, -0.05) is 23.7 Å². The van der Waals surface area contributed by atoms with Gasteiger partial charge in [0.15, 0.2) is 0 Å². The van der Waals surface area contributed by atoms with E-state index in [1.54, 1.807) is 11.3 Å². The highest BCUT2D eigenvalue weighted by molar-refractivity contribution is 7.18. The number of hydrogen-bond acceptors (Lipinski definition) is 5. The number of halogens is 1. The highest BCUT2D eigenvalue weighted by Crippen LogP contribution is 2.25. The van der Waals surface area contributed by atoms with Gasteiger partial charge in [0.25, 0.3) is 11.6 Å². The fourth-order valence-electron chi connectivity index (χ4n) is 2.21. The van der Waals surface area contributed by atoms with Crippen molar-refractivity contribution in [3.05, 3.63) is 68.2 Å². The van der Waals surface area contributed by atoms with Crippen LogP contribution in [0.5, 0.6) is 0 Å². The maximum absolute atomic E-state index is 12.1. The molecule has 0 aliphatic rings. The predicted octanol–water partition coefficient (Wildman–Crippen LogP) is 3.83. The first-order chi connectivity index (χ1) is 11.5. The van der Waals surface area contributed by atoms with Crippen LogP contribution in [0, 0.1) is 10.1 Å². The van der Waals surface area contributed by atoms with Crippen LogP contribution >= 0.6 is 22.9 Å². The van der Waals surface area contributed by atoms with E-state index in [9.17, 15) is 14.9 Å². The van der Waals surface area contributed by atoms with Crippen LogP contribution in [0.3, 0.4) is 0 Å². The lowest BCUT2D eigenvalue weighted by Gasteiger charge is -2.04. The molecule has 1 aromatic heterocycles. The summed E-state index contributed by atoms with van der Waals surface area (Å²) in [6, 6.07) is 11.8. The third-order valence-electron chi connectivity index (χ3n) is 3.37. The minimum absolute atomic E-state index is 0.00558. The van der Waals surface area contributed by atoms with Gasteiger partial charge in [0.1, 0.15) is 5.02 Å². The SMILES string of the molecule is O=C(NCCc1nc2ccccc2s1)c1ccc(Cl)c([N+](=O)[O-])c1. The molecule has 122 valence electrons. The summed E-state index contributed by atoms with van der Waals surface area (Å²) in [5.74, 6) is -0.379. The second kappa shape index (κ2) is 6.94. The molecule has 3 aromatic rings. The first-order valence-electron chi connectivity index (χ1n) is 7.11. The Morgan fingerprint density at radius 1 is 1.29 bits per heavy atom. The standard InChI is InChI=1S/C16H12ClN3O3S/c17-11-6-5-10(9-13(11)20(22)23)16(21)18-8-7-15-19-12-3-1-2-4-14(12)24-15/h1-6,9H,7-8H2,(H,18,21). The van der Waals surface area contributed by atoms with Crippen LogP contribution in [0.15, 0.2) is 42.5 Å². The van der Waals surface area contributed by atoms with Gasteiger partial charge in [-0.25, -0.2) is 4.98 Å². The minimum atomic E-state index is -0.611.